The quantitative estimate of drug-likeness (QED) is 0.166. The highest BCUT2D eigenvalue weighted by Gasteiger charge is 2.52. The summed E-state index contributed by atoms with van der Waals surface area (Å²) in [5, 5.41) is 3.97. The third-order valence-corrected chi connectivity index (χ3v) is 15.8. The van der Waals surface area contributed by atoms with E-state index in [1.807, 2.05) is 48.5 Å². The van der Waals surface area contributed by atoms with Crippen molar-refractivity contribution in [2.75, 3.05) is 0 Å². The molecular formula is C70H41N3O2. The summed E-state index contributed by atoms with van der Waals surface area (Å²) < 4.78 is 13.3. The largest absolute Gasteiger partial charge is 0.456 e. The lowest BCUT2D eigenvalue weighted by molar-refractivity contribution is 0.668. The van der Waals surface area contributed by atoms with E-state index in [1.54, 1.807) is 0 Å². The van der Waals surface area contributed by atoms with Crippen LogP contribution >= 0.6 is 0 Å². The van der Waals surface area contributed by atoms with Crippen molar-refractivity contribution in [1.29, 1.82) is 0 Å². The number of nitrogens with zero attached hydrogens (tertiary/aromatic N) is 3. The van der Waals surface area contributed by atoms with Crippen molar-refractivity contribution < 1.29 is 8.83 Å². The third-order valence-electron chi connectivity index (χ3n) is 15.8. The van der Waals surface area contributed by atoms with Crippen LogP contribution in [0.2, 0.25) is 0 Å². The van der Waals surface area contributed by atoms with Crippen molar-refractivity contribution in [3.63, 3.8) is 0 Å². The van der Waals surface area contributed by atoms with Gasteiger partial charge in [-0.3, -0.25) is 0 Å². The number of hydrogen-bond donors (Lipinski definition) is 0. The van der Waals surface area contributed by atoms with Gasteiger partial charge in [0.25, 0.3) is 0 Å². The van der Waals surface area contributed by atoms with Gasteiger partial charge in [-0.05, 0) is 114 Å². The van der Waals surface area contributed by atoms with Crippen LogP contribution < -0.4 is 0 Å². The molecule has 0 unspecified atom stereocenters. The fourth-order valence-corrected chi connectivity index (χ4v) is 12.6. The molecule has 2 aliphatic rings. The van der Waals surface area contributed by atoms with Crippen LogP contribution in [-0.2, 0) is 5.41 Å². The molecule has 3 aromatic heterocycles. The molecule has 1 spiro atoms. The Morgan fingerprint density at radius 3 is 1.53 bits per heavy atom. The Kier molecular flexibility index (Phi) is 8.89. The maximum Gasteiger partial charge on any atom is 0.167 e. The van der Waals surface area contributed by atoms with Gasteiger partial charge in [-0.15, -0.1) is 0 Å². The summed E-state index contributed by atoms with van der Waals surface area (Å²) in [6.45, 7) is 0. The molecule has 3 heterocycles. The van der Waals surface area contributed by atoms with Crippen molar-refractivity contribution in [3.8, 4) is 89.8 Å². The highest BCUT2D eigenvalue weighted by Crippen LogP contribution is 2.64. The van der Waals surface area contributed by atoms with Gasteiger partial charge in [0, 0.05) is 32.7 Å². The lowest BCUT2D eigenvalue weighted by atomic mass is 9.68. The van der Waals surface area contributed by atoms with Gasteiger partial charge in [0.2, 0.25) is 0 Å². The number of hydrogen-bond acceptors (Lipinski definition) is 5. The van der Waals surface area contributed by atoms with Crippen LogP contribution in [0.4, 0.5) is 0 Å². The van der Waals surface area contributed by atoms with Gasteiger partial charge >= 0.3 is 0 Å². The molecule has 2 aliphatic carbocycles. The van der Waals surface area contributed by atoms with Gasteiger partial charge < -0.3 is 8.83 Å². The molecule has 0 saturated heterocycles. The Hall–Kier alpha value is -9.97. The molecule has 0 aliphatic heterocycles. The van der Waals surface area contributed by atoms with Crippen LogP contribution in [-0.4, -0.2) is 15.0 Å². The molecule has 0 bridgehead atoms. The standard InChI is InChI=1S/C70H41N3O2/c1-2-16-42(17-3-1)43-34-36-44(37-35-43)67-71-68(73-69(72-67)56-28-14-26-54-52-23-7-11-32-61(52)75-66(54)56)55-27-15-33-63-64(55)57-41-46(38-39-62(57)74-63)45-18-12-19-47(40-45)48-24-13-25-53-51-22-6-10-31-60(51)70(65(48)53)58-29-8-4-20-49(58)50-21-5-9-30-59(50)70/h1-41H. The molecule has 0 atom stereocenters. The van der Waals surface area contributed by atoms with Gasteiger partial charge in [0.1, 0.15) is 22.3 Å². The van der Waals surface area contributed by atoms with Gasteiger partial charge in [0.15, 0.2) is 17.5 Å². The monoisotopic (exact) mass is 955 g/mol. The molecule has 14 aromatic rings. The van der Waals surface area contributed by atoms with E-state index in [0.717, 1.165) is 88.4 Å². The Bertz CT molecular complexity index is 4600. The number of benzene rings is 11. The van der Waals surface area contributed by atoms with Gasteiger partial charge in [-0.1, -0.05) is 212 Å². The number of furan rings is 2. The fraction of sp³-hybridized carbons (Fsp3) is 0.0143. The Balaban J connectivity index is 0.858. The second-order valence-electron chi connectivity index (χ2n) is 19.7. The Morgan fingerprint density at radius 1 is 0.267 bits per heavy atom. The third kappa shape index (κ3) is 6.10. The van der Waals surface area contributed by atoms with Crippen LogP contribution in [0.25, 0.3) is 134 Å². The minimum absolute atomic E-state index is 0.463. The molecule has 0 saturated carbocycles. The summed E-state index contributed by atoms with van der Waals surface area (Å²) in [6, 6.07) is 88.8. The normalized spacial score (nSPS) is 12.9. The lowest BCUT2D eigenvalue weighted by Crippen LogP contribution is -2.26. The van der Waals surface area contributed by atoms with Crippen LogP contribution in [0.1, 0.15) is 22.3 Å². The second-order valence-corrected chi connectivity index (χ2v) is 19.7. The Labute approximate surface area is 431 Å². The van der Waals surface area contributed by atoms with Gasteiger partial charge in [0.05, 0.1) is 11.0 Å². The smallest absolute Gasteiger partial charge is 0.167 e. The zero-order valence-corrected chi connectivity index (χ0v) is 40.3. The van der Waals surface area contributed by atoms with Crippen LogP contribution in [0.3, 0.4) is 0 Å². The predicted molar refractivity (Wildman–Crippen MR) is 303 cm³/mol. The van der Waals surface area contributed by atoms with E-state index in [2.05, 4.69) is 200 Å². The number of rotatable bonds is 6. The average molecular weight is 956 g/mol. The van der Waals surface area contributed by atoms with Crippen molar-refractivity contribution in [1.82, 2.24) is 15.0 Å². The number of aromatic nitrogens is 3. The van der Waals surface area contributed by atoms with Crippen molar-refractivity contribution >= 4 is 43.9 Å². The topological polar surface area (TPSA) is 65.0 Å². The van der Waals surface area contributed by atoms with E-state index in [9.17, 15) is 0 Å². The Morgan fingerprint density at radius 2 is 0.747 bits per heavy atom. The maximum absolute atomic E-state index is 6.68. The van der Waals surface area contributed by atoms with Crippen LogP contribution in [0, 0.1) is 0 Å². The van der Waals surface area contributed by atoms with Crippen molar-refractivity contribution in [2.24, 2.45) is 0 Å². The molecule has 75 heavy (non-hydrogen) atoms. The van der Waals surface area contributed by atoms with Gasteiger partial charge in [-0.25, -0.2) is 15.0 Å². The van der Waals surface area contributed by atoms with Crippen LogP contribution in [0.5, 0.6) is 0 Å². The summed E-state index contributed by atoms with van der Waals surface area (Å²) in [6.07, 6.45) is 0. The van der Waals surface area contributed by atoms with Gasteiger partial charge in [-0.2, -0.15) is 0 Å². The molecule has 0 radical (unpaired) electrons. The van der Waals surface area contributed by atoms with E-state index in [-0.39, 0.29) is 0 Å². The van der Waals surface area contributed by atoms with E-state index in [1.165, 1.54) is 50.1 Å². The SMILES string of the molecule is c1ccc(-c2ccc(-c3nc(-c4cccc5c4oc4ccccc45)nc(-c4cccc5oc6ccc(-c7cccc(-c8cccc9c8C8(c%10ccccc%10-c%10ccccc%108)c8ccccc8-9)c7)cc6c45)n3)cc2)cc1. The average Bonchev–Trinajstić information content (AvgIpc) is 4.39. The lowest BCUT2D eigenvalue weighted by Gasteiger charge is -2.32. The molecule has 5 nitrogen and oxygen atoms in total. The van der Waals surface area contributed by atoms with E-state index < -0.39 is 5.41 Å². The minimum atomic E-state index is -0.463. The summed E-state index contributed by atoms with van der Waals surface area (Å²) in [4.78, 5) is 15.8. The maximum atomic E-state index is 6.68. The molecule has 0 amide bonds. The summed E-state index contributed by atoms with van der Waals surface area (Å²) in [7, 11) is 0. The first kappa shape index (κ1) is 41.6. The molecule has 5 heteroatoms. The first-order valence-electron chi connectivity index (χ1n) is 25.5. The van der Waals surface area contributed by atoms with Crippen molar-refractivity contribution in [2.45, 2.75) is 5.41 Å². The number of fused-ring (bicyclic) bond motifs is 16. The minimum Gasteiger partial charge on any atom is -0.456 e. The first-order valence-corrected chi connectivity index (χ1v) is 25.5. The van der Waals surface area contributed by atoms with E-state index in [0.29, 0.717) is 17.5 Å². The molecule has 16 rings (SSSR count). The highest BCUT2D eigenvalue weighted by molar-refractivity contribution is 6.13. The summed E-state index contributed by atoms with van der Waals surface area (Å²) in [5.41, 5.74) is 22.5. The molecular weight excluding hydrogens is 915 g/mol. The van der Waals surface area contributed by atoms with Crippen LogP contribution in [0.15, 0.2) is 258 Å². The molecule has 0 fully saturated rings. The van der Waals surface area contributed by atoms with E-state index >= 15 is 0 Å². The zero-order chi connectivity index (χ0) is 49.2. The summed E-state index contributed by atoms with van der Waals surface area (Å²) >= 11 is 0. The molecule has 348 valence electrons. The predicted octanol–water partition coefficient (Wildman–Crippen LogP) is 18.0. The van der Waals surface area contributed by atoms with E-state index in [4.69, 9.17) is 23.8 Å². The van der Waals surface area contributed by atoms with Crippen molar-refractivity contribution in [3.05, 3.63) is 271 Å². The second kappa shape index (κ2) is 16.0. The highest BCUT2D eigenvalue weighted by atomic mass is 16.3. The molecule has 0 N–H and O–H groups in total. The summed E-state index contributed by atoms with van der Waals surface area (Å²) in [5.74, 6) is 1.63. The molecule has 11 aromatic carbocycles. The fourth-order valence-electron chi connectivity index (χ4n) is 12.6. The zero-order valence-electron chi connectivity index (χ0n) is 40.3. The first-order chi connectivity index (χ1) is 37.2. The number of para-hydroxylation sites is 2.